The fourth-order valence-electron chi connectivity index (χ4n) is 2.52. The first-order valence-corrected chi connectivity index (χ1v) is 6.94. The quantitative estimate of drug-likeness (QED) is 0.784. The maximum atomic E-state index is 5.42. The Labute approximate surface area is 147 Å². The lowest BCUT2D eigenvalue weighted by molar-refractivity contribution is 0.404. The standard InChI is InChI=1S/C16H19N3O2.HI/c1-19(10-12-7-8-21-11-12)16-17-9-14(18-16)13-5-3-4-6-15(13)20-2;/h3-8,11,14H,9-10H2,1-2H3,(H,17,18);1H. The van der Waals surface area contributed by atoms with Gasteiger partial charge in [-0.15, -0.1) is 24.0 Å². The van der Waals surface area contributed by atoms with Crippen LogP contribution < -0.4 is 10.1 Å². The van der Waals surface area contributed by atoms with Gasteiger partial charge >= 0.3 is 0 Å². The molecule has 1 aliphatic rings. The highest BCUT2D eigenvalue weighted by Crippen LogP contribution is 2.27. The molecule has 1 atom stereocenters. The highest BCUT2D eigenvalue weighted by Gasteiger charge is 2.24. The van der Waals surface area contributed by atoms with Crippen LogP contribution in [-0.4, -0.2) is 31.6 Å². The van der Waals surface area contributed by atoms with Gasteiger partial charge in [0.25, 0.3) is 0 Å². The molecule has 0 spiro atoms. The molecule has 6 heteroatoms. The summed E-state index contributed by atoms with van der Waals surface area (Å²) in [5.41, 5.74) is 2.26. The molecule has 1 unspecified atom stereocenters. The molecule has 0 saturated heterocycles. The number of guanidine groups is 1. The SMILES string of the molecule is COc1ccccc1C1CN=C(N(C)Cc2ccoc2)N1.I. The Morgan fingerprint density at radius 3 is 2.91 bits per heavy atom. The van der Waals surface area contributed by atoms with E-state index in [1.807, 2.05) is 31.3 Å². The summed E-state index contributed by atoms with van der Waals surface area (Å²) >= 11 is 0. The van der Waals surface area contributed by atoms with Crippen LogP contribution in [0.2, 0.25) is 0 Å². The Hall–Kier alpha value is -1.70. The van der Waals surface area contributed by atoms with Crippen molar-refractivity contribution in [3.05, 3.63) is 54.0 Å². The number of hydrogen-bond donors (Lipinski definition) is 1. The number of furan rings is 1. The van der Waals surface area contributed by atoms with E-state index in [0.717, 1.165) is 29.4 Å². The predicted octanol–water partition coefficient (Wildman–Crippen LogP) is 3.04. The fourth-order valence-corrected chi connectivity index (χ4v) is 2.52. The molecular weight excluding hydrogens is 393 g/mol. The van der Waals surface area contributed by atoms with Crippen molar-refractivity contribution < 1.29 is 9.15 Å². The molecule has 0 bridgehead atoms. The molecule has 3 rings (SSSR count). The lowest BCUT2D eigenvalue weighted by atomic mass is 10.1. The van der Waals surface area contributed by atoms with Crippen molar-refractivity contribution in [3.63, 3.8) is 0 Å². The summed E-state index contributed by atoms with van der Waals surface area (Å²) in [7, 11) is 3.71. The maximum Gasteiger partial charge on any atom is 0.194 e. The minimum atomic E-state index is 0. The molecule has 1 aliphatic heterocycles. The van der Waals surface area contributed by atoms with Gasteiger partial charge in [0, 0.05) is 24.7 Å². The molecule has 5 nitrogen and oxygen atoms in total. The van der Waals surface area contributed by atoms with Crippen molar-refractivity contribution in [1.29, 1.82) is 0 Å². The van der Waals surface area contributed by atoms with Gasteiger partial charge in [-0.3, -0.25) is 4.99 Å². The van der Waals surface area contributed by atoms with Gasteiger partial charge in [0.2, 0.25) is 0 Å². The molecule has 1 N–H and O–H groups in total. The van der Waals surface area contributed by atoms with Crippen LogP contribution in [0.15, 0.2) is 52.3 Å². The summed E-state index contributed by atoms with van der Waals surface area (Å²) in [6.45, 7) is 1.48. The first-order valence-electron chi connectivity index (χ1n) is 6.94. The number of halogens is 1. The Bertz CT molecular complexity index is 628. The Morgan fingerprint density at radius 2 is 2.18 bits per heavy atom. The lowest BCUT2D eigenvalue weighted by Gasteiger charge is -2.21. The first kappa shape index (κ1) is 16.7. The monoisotopic (exact) mass is 413 g/mol. The third-order valence-corrected chi connectivity index (χ3v) is 3.60. The topological polar surface area (TPSA) is 50.0 Å². The minimum Gasteiger partial charge on any atom is -0.496 e. The molecule has 0 radical (unpaired) electrons. The van der Waals surface area contributed by atoms with E-state index in [4.69, 9.17) is 9.15 Å². The zero-order valence-corrected chi connectivity index (χ0v) is 15.0. The van der Waals surface area contributed by atoms with Gasteiger partial charge in [0.15, 0.2) is 5.96 Å². The number of rotatable bonds is 4. The summed E-state index contributed by atoms with van der Waals surface area (Å²) in [5.74, 6) is 1.79. The summed E-state index contributed by atoms with van der Waals surface area (Å²) < 4.78 is 10.5. The lowest BCUT2D eigenvalue weighted by Crippen LogP contribution is -2.36. The number of nitrogens with one attached hydrogen (secondary N) is 1. The summed E-state index contributed by atoms with van der Waals surface area (Å²) in [5, 5.41) is 3.46. The molecular formula is C16H20IN3O2. The van der Waals surface area contributed by atoms with Gasteiger partial charge < -0.3 is 19.4 Å². The summed E-state index contributed by atoms with van der Waals surface area (Å²) in [4.78, 5) is 6.68. The van der Waals surface area contributed by atoms with Crippen molar-refractivity contribution in [2.75, 3.05) is 20.7 Å². The van der Waals surface area contributed by atoms with E-state index in [0.29, 0.717) is 6.54 Å². The van der Waals surface area contributed by atoms with E-state index in [1.165, 1.54) is 0 Å². The largest absolute Gasteiger partial charge is 0.496 e. The van der Waals surface area contributed by atoms with Gasteiger partial charge in [-0.1, -0.05) is 18.2 Å². The van der Waals surface area contributed by atoms with Crippen LogP contribution in [0.25, 0.3) is 0 Å². The van der Waals surface area contributed by atoms with Gasteiger partial charge in [0.05, 0.1) is 32.2 Å². The zero-order valence-electron chi connectivity index (χ0n) is 12.7. The number of benzene rings is 1. The van der Waals surface area contributed by atoms with E-state index in [1.54, 1.807) is 19.6 Å². The van der Waals surface area contributed by atoms with Gasteiger partial charge in [-0.05, 0) is 12.1 Å². The van der Waals surface area contributed by atoms with E-state index in [9.17, 15) is 0 Å². The maximum absolute atomic E-state index is 5.42. The van der Waals surface area contributed by atoms with Crippen LogP contribution in [-0.2, 0) is 6.54 Å². The van der Waals surface area contributed by atoms with Gasteiger partial charge in [-0.2, -0.15) is 0 Å². The van der Waals surface area contributed by atoms with Crippen molar-refractivity contribution in [2.24, 2.45) is 4.99 Å². The van der Waals surface area contributed by atoms with E-state index >= 15 is 0 Å². The van der Waals surface area contributed by atoms with Crippen LogP contribution >= 0.6 is 24.0 Å². The third-order valence-electron chi connectivity index (χ3n) is 3.60. The molecule has 2 aromatic rings. The molecule has 118 valence electrons. The Kier molecular flexibility index (Phi) is 5.70. The molecule has 0 amide bonds. The predicted molar refractivity (Wildman–Crippen MR) is 96.8 cm³/mol. The molecule has 22 heavy (non-hydrogen) atoms. The van der Waals surface area contributed by atoms with Crippen LogP contribution in [0.4, 0.5) is 0 Å². The van der Waals surface area contributed by atoms with E-state index in [2.05, 4.69) is 21.3 Å². The minimum absolute atomic E-state index is 0. The van der Waals surface area contributed by atoms with E-state index < -0.39 is 0 Å². The normalized spacial score (nSPS) is 16.5. The second kappa shape index (κ2) is 7.53. The Morgan fingerprint density at radius 1 is 1.36 bits per heavy atom. The summed E-state index contributed by atoms with van der Waals surface area (Å²) in [6, 6.07) is 10.2. The molecule has 1 aromatic carbocycles. The van der Waals surface area contributed by atoms with Crippen LogP contribution in [0.5, 0.6) is 5.75 Å². The van der Waals surface area contributed by atoms with Crippen molar-refractivity contribution >= 4 is 29.9 Å². The average Bonchev–Trinajstić information content (AvgIpc) is 3.18. The number of para-hydroxylation sites is 1. The number of nitrogens with zero attached hydrogens (tertiary/aromatic N) is 2. The Balaban J connectivity index is 0.00000176. The smallest absolute Gasteiger partial charge is 0.194 e. The van der Waals surface area contributed by atoms with Crippen LogP contribution in [0.1, 0.15) is 17.2 Å². The van der Waals surface area contributed by atoms with Crippen molar-refractivity contribution in [2.45, 2.75) is 12.6 Å². The summed E-state index contributed by atoms with van der Waals surface area (Å²) in [6.07, 6.45) is 3.44. The van der Waals surface area contributed by atoms with Gasteiger partial charge in [0.1, 0.15) is 5.75 Å². The van der Waals surface area contributed by atoms with Crippen molar-refractivity contribution in [3.8, 4) is 5.75 Å². The van der Waals surface area contributed by atoms with Crippen molar-refractivity contribution in [1.82, 2.24) is 10.2 Å². The van der Waals surface area contributed by atoms with Crippen LogP contribution in [0, 0.1) is 0 Å². The number of hydrogen-bond acceptors (Lipinski definition) is 5. The number of ether oxygens (including phenoxy) is 1. The molecule has 0 fully saturated rings. The first-order chi connectivity index (χ1) is 10.3. The highest BCUT2D eigenvalue weighted by molar-refractivity contribution is 14.0. The molecule has 1 aromatic heterocycles. The van der Waals surface area contributed by atoms with Gasteiger partial charge in [-0.25, -0.2) is 0 Å². The van der Waals surface area contributed by atoms with E-state index in [-0.39, 0.29) is 30.0 Å². The van der Waals surface area contributed by atoms with Crippen LogP contribution in [0.3, 0.4) is 0 Å². The third kappa shape index (κ3) is 3.55. The highest BCUT2D eigenvalue weighted by atomic mass is 127. The fraction of sp³-hybridized carbons (Fsp3) is 0.312. The molecule has 0 saturated carbocycles. The molecule has 2 heterocycles. The number of aliphatic imine (C=N–C) groups is 1. The average molecular weight is 413 g/mol. The second-order valence-electron chi connectivity index (χ2n) is 5.09. The zero-order chi connectivity index (χ0) is 14.7. The molecule has 0 aliphatic carbocycles. The second-order valence-corrected chi connectivity index (χ2v) is 5.09. The number of methoxy groups -OCH3 is 1.